The standard InChI is InChI=1S/C16H16O4/c1-20-16-12-6-3-2-5-11(12)9-10-13(16)14(17)7-4-8-15(18)19/h2-3,5-6,9-10H,4,7-8H2,1H3,(H,18,19). The van der Waals surface area contributed by atoms with E-state index in [4.69, 9.17) is 9.84 Å². The Kier molecular flexibility index (Phi) is 4.35. The molecule has 0 aliphatic carbocycles. The minimum absolute atomic E-state index is 0.00162. The number of ketones is 1. The summed E-state index contributed by atoms with van der Waals surface area (Å²) in [6, 6.07) is 11.3. The van der Waals surface area contributed by atoms with Crippen molar-refractivity contribution < 1.29 is 19.4 Å². The molecule has 0 radical (unpaired) electrons. The lowest BCUT2D eigenvalue weighted by molar-refractivity contribution is -0.137. The molecule has 4 nitrogen and oxygen atoms in total. The number of Topliss-reactive ketones (excluding diaryl/α,β-unsaturated/α-hetero) is 1. The van der Waals surface area contributed by atoms with E-state index in [0.29, 0.717) is 17.7 Å². The Morgan fingerprint density at radius 2 is 1.85 bits per heavy atom. The lowest BCUT2D eigenvalue weighted by Crippen LogP contribution is -2.04. The summed E-state index contributed by atoms with van der Waals surface area (Å²) in [5.74, 6) is -0.416. The number of rotatable bonds is 6. The molecule has 0 unspecified atom stereocenters. The van der Waals surface area contributed by atoms with Crippen molar-refractivity contribution in [1.82, 2.24) is 0 Å². The summed E-state index contributed by atoms with van der Waals surface area (Å²) in [4.78, 5) is 22.7. The average molecular weight is 272 g/mol. The van der Waals surface area contributed by atoms with E-state index >= 15 is 0 Å². The normalized spacial score (nSPS) is 10.4. The van der Waals surface area contributed by atoms with Crippen molar-refractivity contribution >= 4 is 22.5 Å². The summed E-state index contributed by atoms with van der Waals surface area (Å²) < 4.78 is 5.37. The van der Waals surface area contributed by atoms with E-state index in [-0.39, 0.29) is 18.6 Å². The number of fused-ring (bicyclic) bond motifs is 1. The molecule has 0 spiro atoms. The van der Waals surface area contributed by atoms with Gasteiger partial charge in [0.05, 0.1) is 12.7 Å². The predicted octanol–water partition coefficient (Wildman–Crippen LogP) is 3.29. The maximum absolute atomic E-state index is 12.2. The molecular weight excluding hydrogens is 256 g/mol. The van der Waals surface area contributed by atoms with E-state index in [9.17, 15) is 9.59 Å². The van der Waals surface area contributed by atoms with E-state index in [0.717, 1.165) is 10.8 Å². The quantitative estimate of drug-likeness (QED) is 0.819. The average Bonchev–Trinajstić information content (AvgIpc) is 2.45. The molecule has 0 saturated carbocycles. The van der Waals surface area contributed by atoms with Crippen LogP contribution in [0.2, 0.25) is 0 Å². The Labute approximate surface area is 117 Å². The van der Waals surface area contributed by atoms with Gasteiger partial charge in [0, 0.05) is 18.2 Å². The van der Waals surface area contributed by atoms with E-state index in [1.165, 1.54) is 7.11 Å². The maximum Gasteiger partial charge on any atom is 0.303 e. The number of hydrogen-bond acceptors (Lipinski definition) is 3. The van der Waals surface area contributed by atoms with Crippen LogP contribution in [0.25, 0.3) is 10.8 Å². The molecule has 0 aliphatic rings. The van der Waals surface area contributed by atoms with Gasteiger partial charge in [0.2, 0.25) is 0 Å². The summed E-state index contributed by atoms with van der Waals surface area (Å²) in [5.41, 5.74) is 0.511. The van der Waals surface area contributed by atoms with E-state index in [1.54, 1.807) is 6.07 Å². The highest BCUT2D eigenvalue weighted by Crippen LogP contribution is 2.30. The first-order valence-corrected chi connectivity index (χ1v) is 6.44. The van der Waals surface area contributed by atoms with Crippen LogP contribution >= 0.6 is 0 Å². The van der Waals surface area contributed by atoms with Gasteiger partial charge in [-0.15, -0.1) is 0 Å². The zero-order valence-corrected chi connectivity index (χ0v) is 11.3. The Bertz CT molecular complexity index is 646. The summed E-state index contributed by atoms with van der Waals surface area (Å²) in [6.07, 6.45) is 0.548. The number of aliphatic carboxylic acids is 1. The molecule has 2 aromatic rings. The maximum atomic E-state index is 12.2. The second kappa shape index (κ2) is 6.19. The third-order valence-corrected chi connectivity index (χ3v) is 3.18. The van der Waals surface area contributed by atoms with Crippen molar-refractivity contribution in [3.63, 3.8) is 0 Å². The highest BCUT2D eigenvalue weighted by molar-refractivity contribution is 6.04. The Morgan fingerprint density at radius 3 is 2.55 bits per heavy atom. The fraction of sp³-hybridized carbons (Fsp3) is 0.250. The minimum atomic E-state index is -0.886. The third kappa shape index (κ3) is 2.96. The molecule has 0 amide bonds. The third-order valence-electron chi connectivity index (χ3n) is 3.18. The molecule has 0 heterocycles. The molecule has 104 valence electrons. The molecule has 2 aromatic carbocycles. The first kappa shape index (κ1) is 14.1. The molecule has 0 fully saturated rings. The molecule has 0 atom stereocenters. The van der Waals surface area contributed by atoms with Crippen molar-refractivity contribution in [2.24, 2.45) is 0 Å². The number of carbonyl (C=O) groups excluding carboxylic acids is 1. The highest BCUT2D eigenvalue weighted by atomic mass is 16.5. The van der Waals surface area contributed by atoms with Gasteiger partial charge >= 0.3 is 5.97 Å². The van der Waals surface area contributed by atoms with Gasteiger partial charge in [-0.05, 0) is 17.9 Å². The SMILES string of the molecule is COc1c(C(=O)CCCC(=O)O)ccc2ccccc12. The van der Waals surface area contributed by atoms with Crippen molar-refractivity contribution in [2.75, 3.05) is 7.11 Å². The molecule has 0 aromatic heterocycles. The largest absolute Gasteiger partial charge is 0.495 e. The second-order valence-electron chi connectivity index (χ2n) is 4.54. The first-order valence-electron chi connectivity index (χ1n) is 6.44. The van der Waals surface area contributed by atoms with Crippen molar-refractivity contribution in [1.29, 1.82) is 0 Å². The van der Waals surface area contributed by atoms with Gasteiger partial charge < -0.3 is 9.84 Å². The van der Waals surface area contributed by atoms with Gasteiger partial charge in [0.15, 0.2) is 5.78 Å². The zero-order valence-electron chi connectivity index (χ0n) is 11.3. The van der Waals surface area contributed by atoms with Gasteiger partial charge in [0.1, 0.15) is 5.75 Å². The fourth-order valence-electron chi connectivity index (χ4n) is 2.22. The van der Waals surface area contributed by atoms with Gasteiger partial charge in [-0.1, -0.05) is 30.3 Å². The monoisotopic (exact) mass is 272 g/mol. The van der Waals surface area contributed by atoms with Gasteiger partial charge in [-0.3, -0.25) is 9.59 Å². The number of carbonyl (C=O) groups is 2. The van der Waals surface area contributed by atoms with Crippen LogP contribution in [0.5, 0.6) is 5.75 Å². The molecule has 1 N–H and O–H groups in total. The molecular formula is C16H16O4. The van der Waals surface area contributed by atoms with E-state index in [1.807, 2.05) is 30.3 Å². The highest BCUT2D eigenvalue weighted by Gasteiger charge is 2.15. The molecule has 0 bridgehead atoms. The number of benzene rings is 2. The number of hydrogen-bond donors (Lipinski definition) is 1. The smallest absolute Gasteiger partial charge is 0.303 e. The minimum Gasteiger partial charge on any atom is -0.495 e. The van der Waals surface area contributed by atoms with Crippen LogP contribution in [0.3, 0.4) is 0 Å². The van der Waals surface area contributed by atoms with Crippen LogP contribution in [0.1, 0.15) is 29.6 Å². The molecule has 2 rings (SSSR count). The summed E-state index contributed by atoms with van der Waals surface area (Å²) in [5, 5.41) is 10.5. The van der Waals surface area contributed by atoms with Crippen LogP contribution < -0.4 is 4.74 Å². The van der Waals surface area contributed by atoms with Crippen molar-refractivity contribution in [3.05, 3.63) is 42.0 Å². The van der Waals surface area contributed by atoms with Crippen molar-refractivity contribution in [2.45, 2.75) is 19.3 Å². The molecule has 0 saturated heterocycles. The number of carboxylic acid groups (broad SMARTS) is 1. The lowest BCUT2D eigenvalue weighted by atomic mass is 10.00. The first-order chi connectivity index (χ1) is 9.63. The Hall–Kier alpha value is -2.36. The van der Waals surface area contributed by atoms with E-state index < -0.39 is 5.97 Å². The fourth-order valence-corrected chi connectivity index (χ4v) is 2.22. The van der Waals surface area contributed by atoms with Gasteiger partial charge in [-0.2, -0.15) is 0 Å². The second-order valence-corrected chi connectivity index (χ2v) is 4.54. The zero-order chi connectivity index (χ0) is 14.5. The number of methoxy groups -OCH3 is 1. The number of carboxylic acids is 1. The van der Waals surface area contributed by atoms with Gasteiger partial charge in [-0.25, -0.2) is 0 Å². The summed E-state index contributed by atoms with van der Waals surface area (Å²) >= 11 is 0. The molecule has 20 heavy (non-hydrogen) atoms. The summed E-state index contributed by atoms with van der Waals surface area (Å²) in [6.45, 7) is 0. The summed E-state index contributed by atoms with van der Waals surface area (Å²) in [7, 11) is 1.54. The van der Waals surface area contributed by atoms with Crippen LogP contribution in [0.4, 0.5) is 0 Å². The Balaban J connectivity index is 2.29. The van der Waals surface area contributed by atoms with Crippen LogP contribution in [-0.2, 0) is 4.79 Å². The van der Waals surface area contributed by atoms with Crippen LogP contribution in [-0.4, -0.2) is 24.0 Å². The predicted molar refractivity (Wildman–Crippen MR) is 76.3 cm³/mol. The van der Waals surface area contributed by atoms with Crippen molar-refractivity contribution in [3.8, 4) is 5.75 Å². The number of ether oxygens (including phenoxy) is 1. The molecule has 4 heteroatoms. The van der Waals surface area contributed by atoms with Gasteiger partial charge in [0.25, 0.3) is 0 Å². The van der Waals surface area contributed by atoms with Crippen LogP contribution in [0.15, 0.2) is 36.4 Å². The Morgan fingerprint density at radius 1 is 1.10 bits per heavy atom. The van der Waals surface area contributed by atoms with Crippen LogP contribution in [0, 0.1) is 0 Å². The molecule has 0 aliphatic heterocycles. The van der Waals surface area contributed by atoms with E-state index in [2.05, 4.69) is 0 Å². The topological polar surface area (TPSA) is 63.6 Å². The lowest BCUT2D eigenvalue weighted by Gasteiger charge is -2.10.